The maximum absolute atomic E-state index is 12.6. The second kappa shape index (κ2) is 3.14. The molecule has 2 rings (SSSR count). The van der Waals surface area contributed by atoms with Crippen molar-refractivity contribution in [2.75, 3.05) is 0 Å². The van der Waals surface area contributed by atoms with Gasteiger partial charge in [-0.15, -0.1) is 0 Å². The normalized spacial score (nSPS) is 15.4. The average Bonchev–Trinajstić information content (AvgIpc) is 2.26. The standard InChI is InChI=1S/C8H4BFO4/c10-9-13-7(11)5-3-1-2-4-6(5)8(12)14-9/h1-4H. The van der Waals surface area contributed by atoms with Gasteiger partial charge in [-0.2, -0.15) is 0 Å². The number of halogens is 1. The van der Waals surface area contributed by atoms with Crippen molar-refractivity contribution < 1.29 is 23.2 Å². The van der Waals surface area contributed by atoms with Crippen LogP contribution >= 0.6 is 0 Å². The van der Waals surface area contributed by atoms with E-state index in [1.807, 2.05) is 0 Å². The van der Waals surface area contributed by atoms with Crippen molar-refractivity contribution in [2.45, 2.75) is 0 Å². The minimum absolute atomic E-state index is 0.0117. The zero-order valence-electron chi connectivity index (χ0n) is 6.90. The van der Waals surface area contributed by atoms with Crippen molar-refractivity contribution >= 4 is 19.3 Å². The summed E-state index contributed by atoms with van der Waals surface area (Å²) in [4.78, 5) is 22.3. The number of rotatable bonds is 0. The zero-order valence-corrected chi connectivity index (χ0v) is 6.90. The van der Waals surface area contributed by atoms with E-state index in [-0.39, 0.29) is 11.1 Å². The summed E-state index contributed by atoms with van der Waals surface area (Å²) in [5.41, 5.74) is 0.0234. The molecule has 0 N–H and O–H groups in total. The van der Waals surface area contributed by atoms with Gasteiger partial charge in [0.1, 0.15) is 0 Å². The second-order valence-corrected chi connectivity index (χ2v) is 2.63. The van der Waals surface area contributed by atoms with Crippen LogP contribution in [-0.4, -0.2) is 19.3 Å². The first-order chi connectivity index (χ1) is 6.68. The molecule has 1 aliphatic rings. The van der Waals surface area contributed by atoms with Crippen LogP contribution in [0.25, 0.3) is 0 Å². The molecule has 0 radical (unpaired) electrons. The van der Waals surface area contributed by atoms with Gasteiger partial charge in [0.05, 0.1) is 11.1 Å². The molecule has 4 nitrogen and oxygen atoms in total. The van der Waals surface area contributed by atoms with Crippen molar-refractivity contribution in [3.05, 3.63) is 35.4 Å². The van der Waals surface area contributed by atoms with Crippen LogP contribution in [0.5, 0.6) is 0 Å². The maximum atomic E-state index is 12.6. The molecular weight excluding hydrogens is 190 g/mol. The zero-order chi connectivity index (χ0) is 10.1. The SMILES string of the molecule is O=C1OB(F)OC(=O)c2ccccc21. The van der Waals surface area contributed by atoms with Crippen LogP contribution in [0.15, 0.2) is 24.3 Å². The average molecular weight is 194 g/mol. The third-order valence-electron chi connectivity index (χ3n) is 1.77. The van der Waals surface area contributed by atoms with Gasteiger partial charge in [-0.3, -0.25) is 0 Å². The molecule has 0 saturated heterocycles. The van der Waals surface area contributed by atoms with E-state index in [1.54, 1.807) is 12.1 Å². The molecular formula is C8H4BFO4. The first-order valence-electron chi connectivity index (χ1n) is 3.83. The van der Waals surface area contributed by atoms with E-state index in [4.69, 9.17) is 0 Å². The van der Waals surface area contributed by atoms with E-state index < -0.39 is 19.3 Å². The van der Waals surface area contributed by atoms with E-state index in [1.165, 1.54) is 12.1 Å². The molecule has 0 saturated carbocycles. The molecule has 0 spiro atoms. The Balaban J connectivity index is 2.53. The summed E-state index contributed by atoms with van der Waals surface area (Å²) >= 11 is 0. The Kier molecular flexibility index (Phi) is 1.96. The van der Waals surface area contributed by atoms with Gasteiger partial charge >= 0.3 is 19.3 Å². The first kappa shape index (κ1) is 8.74. The lowest BCUT2D eigenvalue weighted by Gasteiger charge is -1.98. The van der Waals surface area contributed by atoms with E-state index in [0.29, 0.717) is 0 Å². The van der Waals surface area contributed by atoms with Gasteiger partial charge in [-0.25, -0.2) is 13.9 Å². The van der Waals surface area contributed by atoms with Crippen molar-refractivity contribution in [2.24, 2.45) is 0 Å². The van der Waals surface area contributed by atoms with Gasteiger partial charge in [0.2, 0.25) is 0 Å². The Hall–Kier alpha value is -1.85. The van der Waals surface area contributed by atoms with Gasteiger partial charge in [0.25, 0.3) is 0 Å². The predicted octanol–water partition coefficient (Wildman–Crippen LogP) is 0.968. The fourth-order valence-electron chi connectivity index (χ4n) is 1.16. The smallest absolute Gasteiger partial charge is 0.466 e. The molecule has 1 aliphatic heterocycles. The van der Waals surface area contributed by atoms with Gasteiger partial charge in [0, 0.05) is 0 Å². The van der Waals surface area contributed by atoms with Crippen molar-refractivity contribution in [1.29, 1.82) is 0 Å². The molecule has 14 heavy (non-hydrogen) atoms. The Bertz CT molecular complexity index is 369. The molecule has 1 heterocycles. The second-order valence-electron chi connectivity index (χ2n) is 2.63. The lowest BCUT2D eigenvalue weighted by atomic mass is 10.1. The summed E-state index contributed by atoms with van der Waals surface area (Å²) in [5, 5.41) is 0. The molecule has 0 fully saturated rings. The summed E-state index contributed by atoms with van der Waals surface area (Å²) < 4.78 is 20.9. The summed E-state index contributed by atoms with van der Waals surface area (Å²) in [7, 11) is -2.33. The predicted molar refractivity (Wildman–Crippen MR) is 44.1 cm³/mol. The summed E-state index contributed by atoms with van der Waals surface area (Å²) in [5.74, 6) is -1.81. The summed E-state index contributed by atoms with van der Waals surface area (Å²) in [6.07, 6.45) is 0. The number of hydrogen-bond acceptors (Lipinski definition) is 4. The molecule has 1 aromatic carbocycles. The highest BCUT2D eigenvalue weighted by molar-refractivity contribution is 6.43. The Morgan fingerprint density at radius 2 is 1.43 bits per heavy atom. The number of carbonyl (C=O) groups excluding carboxylic acids is 2. The lowest BCUT2D eigenvalue weighted by molar-refractivity contribution is 0.0596. The largest absolute Gasteiger partial charge is 0.834 e. The molecule has 0 atom stereocenters. The van der Waals surface area contributed by atoms with Crippen molar-refractivity contribution in [3.8, 4) is 0 Å². The van der Waals surface area contributed by atoms with Crippen molar-refractivity contribution in [3.63, 3.8) is 0 Å². The van der Waals surface area contributed by atoms with Crippen LogP contribution in [0, 0.1) is 0 Å². The van der Waals surface area contributed by atoms with Crippen LogP contribution < -0.4 is 0 Å². The molecule has 0 amide bonds. The molecule has 1 aromatic rings. The minimum atomic E-state index is -2.33. The molecule has 6 heteroatoms. The molecule has 0 bridgehead atoms. The number of benzene rings is 1. The van der Waals surface area contributed by atoms with Crippen LogP contribution in [-0.2, 0) is 9.31 Å². The third kappa shape index (κ3) is 1.35. The monoisotopic (exact) mass is 194 g/mol. The first-order valence-corrected chi connectivity index (χ1v) is 3.83. The van der Waals surface area contributed by atoms with Gasteiger partial charge in [-0.05, 0) is 12.1 Å². The van der Waals surface area contributed by atoms with Crippen LogP contribution in [0.4, 0.5) is 4.32 Å². The minimum Gasteiger partial charge on any atom is -0.466 e. The van der Waals surface area contributed by atoms with Crippen molar-refractivity contribution in [1.82, 2.24) is 0 Å². The highest BCUT2D eigenvalue weighted by Crippen LogP contribution is 2.16. The fraction of sp³-hybridized carbons (Fsp3) is 0. The number of carbonyl (C=O) groups is 2. The molecule has 0 aromatic heterocycles. The van der Waals surface area contributed by atoms with Gasteiger partial charge in [-0.1, -0.05) is 12.1 Å². The van der Waals surface area contributed by atoms with E-state index in [9.17, 15) is 13.9 Å². The van der Waals surface area contributed by atoms with Gasteiger partial charge in [0.15, 0.2) is 0 Å². The van der Waals surface area contributed by atoms with E-state index in [2.05, 4.69) is 9.31 Å². The summed E-state index contributed by atoms with van der Waals surface area (Å²) in [6, 6.07) is 5.84. The Labute approximate surface area is 78.8 Å². The van der Waals surface area contributed by atoms with Crippen LogP contribution in [0.3, 0.4) is 0 Å². The maximum Gasteiger partial charge on any atom is 0.834 e. The quantitative estimate of drug-likeness (QED) is 0.577. The van der Waals surface area contributed by atoms with E-state index in [0.717, 1.165) is 0 Å². The van der Waals surface area contributed by atoms with Gasteiger partial charge < -0.3 is 9.31 Å². The van der Waals surface area contributed by atoms with E-state index >= 15 is 0 Å². The number of fused-ring (bicyclic) bond motifs is 1. The fourth-order valence-corrected chi connectivity index (χ4v) is 1.16. The Morgan fingerprint density at radius 3 is 1.86 bits per heavy atom. The third-order valence-corrected chi connectivity index (χ3v) is 1.77. The molecule has 70 valence electrons. The van der Waals surface area contributed by atoms with Crippen LogP contribution in [0.2, 0.25) is 0 Å². The highest BCUT2D eigenvalue weighted by Gasteiger charge is 2.36. The lowest BCUT2D eigenvalue weighted by Crippen LogP contribution is -2.20. The summed E-state index contributed by atoms with van der Waals surface area (Å²) in [6.45, 7) is 0. The highest BCUT2D eigenvalue weighted by atomic mass is 19.1. The number of hydrogen-bond donors (Lipinski definition) is 0. The van der Waals surface area contributed by atoms with Crippen LogP contribution in [0.1, 0.15) is 20.7 Å². The topological polar surface area (TPSA) is 52.6 Å². The molecule has 0 aliphatic carbocycles. The Morgan fingerprint density at radius 1 is 1.00 bits per heavy atom. The molecule has 0 unspecified atom stereocenters.